The van der Waals surface area contributed by atoms with Gasteiger partial charge in [0.1, 0.15) is 0 Å². The third-order valence-corrected chi connectivity index (χ3v) is 3.99. The van der Waals surface area contributed by atoms with Gasteiger partial charge in [0, 0.05) is 12.0 Å². The Morgan fingerprint density at radius 2 is 2.19 bits per heavy atom. The van der Waals surface area contributed by atoms with Crippen LogP contribution in [0.5, 0.6) is 0 Å². The summed E-state index contributed by atoms with van der Waals surface area (Å²) in [5.41, 5.74) is -0.233. The summed E-state index contributed by atoms with van der Waals surface area (Å²) >= 11 is 7.59. The first-order chi connectivity index (χ1) is 7.51. The van der Waals surface area contributed by atoms with Crippen LogP contribution in [0.3, 0.4) is 0 Å². The van der Waals surface area contributed by atoms with E-state index in [0.717, 1.165) is 17.3 Å². The van der Waals surface area contributed by atoms with Crippen LogP contribution in [0.1, 0.15) is 38.1 Å². The number of hydrogen-bond acceptors (Lipinski definition) is 3. The van der Waals surface area contributed by atoms with Crippen LogP contribution in [0, 0.1) is 0 Å². The number of hydrogen-bond donors (Lipinski definition) is 1. The predicted molar refractivity (Wildman–Crippen MR) is 71.5 cm³/mol. The van der Waals surface area contributed by atoms with Gasteiger partial charge in [-0.15, -0.1) is 11.3 Å². The highest BCUT2D eigenvalue weighted by molar-refractivity contribution is 7.16. The lowest BCUT2D eigenvalue weighted by atomic mass is 9.97. The summed E-state index contributed by atoms with van der Waals surface area (Å²) in [5, 5.41) is 3.52. The van der Waals surface area contributed by atoms with Crippen LogP contribution in [-0.4, -0.2) is 19.3 Å². The smallest absolute Gasteiger partial charge is 0.0931 e. The van der Waals surface area contributed by atoms with E-state index in [9.17, 15) is 0 Å². The third-order valence-electron chi connectivity index (χ3n) is 2.70. The van der Waals surface area contributed by atoms with E-state index in [1.54, 1.807) is 18.4 Å². The minimum atomic E-state index is -0.233. The fourth-order valence-electron chi connectivity index (χ4n) is 1.58. The van der Waals surface area contributed by atoms with Gasteiger partial charge in [0.15, 0.2) is 0 Å². The molecule has 1 heterocycles. The Morgan fingerprint density at radius 1 is 1.50 bits per heavy atom. The molecule has 0 aliphatic rings. The van der Waals surface area contributed by atoms with Crippen LogP contribution in [0.4, 0.5) is 0 Å². The van der Waals surface area contributed by atoms with Crippen molar-refractivity contribution in [3.8, 4) is 0 Å². The fraction of sp³-hybridized carbons (Fsp3) is 0.667. The van der Waals surface area contributed by atoms with Gasteiger partial charge < -0.3 is 10.1 Å². The van der Waals surface area contributed by atoms with Crippen LogP contribution in [-0.2, 0) is 4.74 Å². The Hall–Kier alpha value is -0.0900. The summed E-state index contributed by atoms with van der Waals surface area (Å²) in [4.78, 5) is 1.23. The highest BCUT2D eigenvalue weighted by Gasteiger charge is 2.31. The van der Waals surface area contributed by atoms with Gasteiger partial charge in [-0.1, -0.05) is 18.5 Å². The molecule has 0 saturated heterocycles. The van der Waals surface area contributed by atoms with Gasteiger partial charge in [-0.2, -0.15) is 0 Å². The average Bonchev–Trinajstić information content (AvgIpc) is 2.65. The predicted octanol–water partition coefficient (Wildman–Crippen LogP) is 3.87. The molecule has 0 aromatic carbocycles. The molecule has 0 spiro atoms. The quantitative estimate of drug-likeness (QED) is 0.840. The Balaban J connectivity index is 2.87. The summed E-state index contributed by atoms with van der Waals surface area (Å²) in [6.45, 7) is 7.32. The van der Waals surface area contributed by atoms with Gasteiger partial charge in [-0.3, -0.25) is 0 Å². The van der Waals surface area contributed by atoms with Crippen molar-refractivity contribution in [2.24, 2.45) is 0 Å². The van der Waals surface area contributed by atoms with E-state index in [-0.39, 0.29) is 11.6 Å². The molecule has 1 atom stereocenters. The van der Waals surface area contributed by atoms with Crippen molar-refractivity contribution >= 4 is 22.9 Å². The number of thiophene rings is 1. The third kappa shape index (κ3) is 3.45. The minimum Gasteiger partial charge on any atom is -0.377 e. The van der Waals surface area contributed by atoms with Crippen molar-refractivity contribution in [2.45, 2.75) is 38.8 Å². The van der Waals surface area contributed by atoms with E-state index in [1.165, 1.54) is 4.88 Å². The van der Waals surface area contributed by atoms with E-state index in [1.807, 2.05) is 6.07 Å². The lowest BCUT2D eigenvalue weighted by molar-refractivity contribution is -0.0100. The second-order valence-electron chi connectivity index (χ2n) is 4.34. The average molecular weight is 262 g/mol. The molecule has 0 radical (unpaired) electrons. The molecule has 0 amide bonds. The highest BCUT2D eigenvalue weighted by Crippen LogP contribution is 2.34. The maximum atomic E-state index is 5.98. The number of methoxy groups -OCH3 is 1. The van der Waals surface area contributed by atoms with Crippen LogP contribution in [0.15, 0.2) is 12.1 Å². The van der Waals surface area contributed by atoms with E-state index in [0.29, 0.717) is 0 Å². The van der Waals surface area contributed by atoms with Crippen molar-refractivity contribution in [3.63, 3.8) is 0 Å². The Labute approximate surface area is 107 Å². The van der Waals surface area contributed by atoms with Gasteiger partial charge in [0.25, 0.3) is 0 Å². The molecule has 0 saturated carbocycles. The minimum absolute atomic E-state index is 0.190. The number of halogens is 1. The standard InChI is InChI=1S/C12H20ClNOS/c1-5-8-14-11(12(2,3)15-4)9-6-7-10(13)16-9/h6-7,11,14H,5,8H2,1-4H3. The zero-order valence-electron chi connectivity index (χ0n) is 10.3. The monoisotopic (exact) mass is 261 g/mol. The first-order valence-electron chi connectivity index (χ1n) is 5.55. The zero-order chi connectivity index (χ0) is 12.2. The zero-order valence-corrected chi connectivity index (χ0v) is 11.9. The highest BCUT2D eigenvalue weighted by atomic mass is 35.5. The van der Waals surface area contributed by atoms with Crippen molar-refractivity contribution in [1.29, 1.82) is 0 Å². The molecule has 4 heteroatoms. The fourth-order valence-corrected chi connectivity index (χ4v) is 2.89. The van der Waals surface area contributed by atoms with Crippen LogP contribution >= 0.6 is 22.9 Å². The molecular formula is C12H20ClNOS. The topological polar surface area (TPSA) is 21.3 Å². The van der Waals surface area contributed by atoms with E-state index < -0.39 is 0 Å². The lowest BCUT2D eigenvalue weighted by Gasteiger charge is -2.33. The molecule has 1 N–H and O–H groups in total. The second-order valence-corrected chi connectivity index (χ2v) is 6.08. The van der Waals surface area contributed by atoms with Gasteiger partial charge in [-0.25, -0.2) is 0 Å². The molecule has 0 aliphatic carbocycles. The normalized spacial score (nSPS) is 14.1. The maximum absolute atomic E-state index is 5.98. The summed E-state index contributed by atoms with van der Waals surface area (Å²) in [7, 11) is 1.75. The van der Waals surface area contributed by atoms with Crippen molar-refractivity contribution in [3.05, 3.63) is 21.3 Å². The SMILES string of the molecule is CCCNC(c1ccc(Cl)s1)C(C)(C)OC. The largest absolute Gasteiger partial charge is 0.377 e. The van der Waals surface area contributed by atoms with Crippen LogP contribution in [0.25, 0.3) is 0 Å². The van der Waals surface area contributed by atoms with Crippen molar-refractivity contribution in [1.82, 2.24) is 5.32 Å². The molecule has 16 heavy (non-hydrogen) atoms. The van der Waals surface area contributed by atoms with E-state index >= 15 is 0 Å². The number of ether oxygens (including phenoxy) is 1. The summed E-state index contributed by atoms with van der Waals surface area (Å²) < 4.78 is 6.39. The molecule has 1 rings (SSSR count). The summed E-state index contributed by atoms with van der Waals surface area (Å²) in [6, 6.07) is 4.20. The Bertz CT molecular complexity index is 325. The Morgan fingerprint density at radius 3 is 2.62 bits per heavy atom. The summed E-state index contributed by atoms with van der Waals surface area (Å²) in [5.74, 6) is 0. The lowest BCUT2D eigenvalue weighted by Crippen LogP contribution is -2.40. The molecule has 0 fully saturated rings. The van der Waals surface area contributed by atoms with E-state index in [4.69, 9.17) is 16.3 Å². The number of nitrogens with one attached hydrogen (secondary N) is 1. The van der Waals surface area contributed by atoms with Gasteiger partial charge in [-0.05, 0) is 38.9 Å². The van der Waals surface area contributed by atoms with Crippen LogP contribution < -0.4 is 5.32 Å². The molecule has 92 valence electrons. The molecule has 1 aromatic heterocycles. The van der Waals surface area contributed by atoms with Crippen LogP contribution in [0.2, 0.25) is 4.34 Å². The van der Waals surface area contributed by atoms with Crippen molar-refractivity contribution in [2.75, 3.05) is 13.7 Å². The first-order valence-corrected chi connectivity index (χ1v) is 6.74. The second kappa shape index (κ2) is 6.01. The molecule has 1 unspecified atom stereocenters. The molecule has 0 aliphatic heterocycles. The molecule has 1 aromatic rings. The molecular weight excluding hydrogens is 242 g/mol. The van der Waals surface area contributed by atoms with E-state index in [2.05, 4.69) is 32.2 Å². The van der Waals surface area contributed by atoms with Crippen molar-refractivity contribution < 1.29 is 4.74 Å². The summed E-state index contributed by atoms with van der Waals surface area (Å²) in [6.07, 6.45) is 1.11. The van der Waals surface area contributed by atoms with Gasteiger partial charge in [0.2, 0.25) is 0 Å². The maximum Gasteiger partial charge on any atom is 0.0931 e. The molecule has 2 nitrogen and oxygen atoms in total. The molecule has 0 bridgehead atoms. The van der Waals surface area contributed by atoms with Gasteiger partial charge in [0.05, 0.1) is 16.0 Å². The Kier molecular flexibility index (Phi) is 5.25. The van der Waals surface area contributed by atoms with Gasteiger partial charge >= 0.3 is 0 Å². The first kappa shape index (κ1) is 14.0. The number of rotatable bonds is 6.